The summed E-state index contributed by atoms with van der Waals surface area (Å²) in [4.78, 5) is 4.82. The van der Waals surface area contributed by atoms with Crippen molar-refractivity contribution in [3.8, 4) is 67.9 Å². The van der Waals surface area contributed by atoms with E-state index in [-0.39, 0.29) is 0 Å². The topological polar surface area (TPSA) is 121 Å². The summed E-state index contributed by atoms with van der Waals surface area (Å²) >= 11 is 1.47. The van der Waals surface area contributed by atoms with Gasteiger partial charge in [-0.3, -0.25) is 0 Å². The summed E-state index contributed by atoms with van der Waals surface area (Å²) in [6.45, 7) is 0. The van der Waals surface area contributed by atoms with Crippen molar-refractivity contribution in [1.29, 1.82) is 0 Å². The molecule has 0 saturated heterocycles. The highest BCUT2D eigenvalue weighted by Crippen LogP contribution is 2.47. The maximum absolute atomic E-state index is 5.77. The molecule has 0 spiro atoms. The van der Waals surface area contributed by atoms with Crippen molar-refractivity contribution < 1.29 is 33.2 Å². The number of methoxy groups -OCH3 is 7. The fraction of sp³-hybridized carbons (Fsp3) is 0.259. The molecule has 0 fully saturated rings. The molecule has 2 aromatic heterocycles. The first-order valence-electron chi connectivity index (χ1n) is 11.9. The van der Waals surface area contributed by atoms with Crippen LogP contribution in [0.25, 0.3) is 37.9 Å². The highest BCUT2D eigenvalue weighted by atomic mass is 32.1. The van der Waals surface area contributed by atoms with Gasteiger partial charge >= 0.3 is 0 Å². The van der Waals surface area contributed by atoms with Crippen LogP contribution in [-0.4, -0.2) is 75.0 Å². The molecule has 0 amide bonds. The van der Waals surface area contributed by atoms with E-state index in [0.29, 0.717) is 57.3 Å². The van der Waals surface area contributed by atoms with Crippen molar-refractivity contribution in [3.05, 3.63) is 36.4 Å². The number of hydrogen-bond donors (Lipinski definition) is 0. The number of fused-ring (bicyclic) bond motifs is 1. The van der Waals surface area contributed by atoms with Gasteiger partial charge in [-0.05, 0) is 40.8 Å². The minimum Gasteiger partial charge on any atom is -0.494 e. The Morgan fingerprint density at radius 3 is 1.82 bits per heavy atom. The van der Waals surface area contributed by atoms with E-state index in [1.807, 2.05) is 24.3 Å². The molecular formula is C27H27N5O7S. The van der Waals surface area contributed by atoms with Crippen LogP contribution in [0.1, 0.15) is 0 Å². The molecule has 0 N–H and O–H groups in total. The maximum Gasteiger partial charge on any atom is 0.204 e. The van der Waals surface area contributed by atoms with E-state index in [9.17, 15) is 0 Å². The zero-order valence-electron chi connectivity index (χ0n) is 23.0. The Balaban J connectivity index is 1.60. The lowest BCUT2D eigenvalue weighted by Crippen LogP contribution is -2.03. The lowest BCUT2D eigenvalue weighted by Gasteiger charge is -2.15. The van der Waals surface area contributed by atoms with Crippen molar-refractivity contribution in [1.82, 2.24) is 25.2 Å². The maximum atomic E-state index is 5.77. The normalized spacial score (nSPS) is 10.9. The Morgan fingerprint density at radius 2 is 1.23 bits per heavy atom. The molecule has 5 aromatic rings. The molecule has 40 heavy (non-hydrogen) atoms. The van der Waals surface area contributed by atoms with Crippen molar-refractivity contribution in [2.75, 3.05) is 49.8 Å². The van der Waals surface area contributed by atoms with Crippen LogP contribution in [0.3, 0.4) is 0 Å². The minimum absolute atomic E-state index is 0.453. The molecule has 0 aliphatic heterocycles. The first-order chi connectivity index (χ1) is 19.5. The Hall–Kier alpha value is -4.78. The zero-order chi connectivity index (χ0) is 28.4. The average Bonchev–Trinajstić information content (AvgIpc) is 3.66. The van der Waals surface area contributed by atoms with E-state index >= 15 is 0 Å². The van der Waals surface area contributed by atoms with Gasteiger partial charge in [0.25, 0.3) is 0 Å². The summed E-state index contributed by atoms with van der Waals surface area (Å²) in [5.74, 6) is 4.04. The van der Waals surface area contributed by atoms with Gasteiger partial charge in [-0.15, -0.1) is 16.4 Å². The Bertz CT molecular complexity index is 1660. The number of aromatic nitrogens is 5. The number of benzene rings is 3. The van der Waals surface area contributed by atoms with E-state index in [0.717, 1.165) is 20.8 Å². The summed E-state index contributed by atoms with van der Waals surface area (Å²) in [6.07, 6.45) is 0. The number of ether oxygens (including phenoxy) is 7. The van der Waals surface area contributed by atoms with Gasteiger partial charge < -0.3 is 33.2 Å². The predicted octanol–water partition coefficient (Wildman–Crippen LogP) is 4.67. The minimum atomic E-state index is 0.453. The third-order valence-corrected chi connectivity index (χ3v) is 7.35. The number of rotatable bonds is 10. The van der Waals surface area contributed by atoms with Crippen LogP contribution in [-0.2, 0) is 0 Å². The molecule has 0 unspecified atom stereocenters. The molecule has 13 heteroatoms. The van der Waals surface area contributed by atoms with Crippen LogP contribution in [0.15, 0.2) is 36.4 Å². The van der Waals surface area contributed by atoms with E-state index in [1.54, 1.807) is 66.6 Å². The van der Waals surface area contributed by atoms with E-state index in [4.69, 9.17) is 38.1 Å². The predicted molar refractivity (Wildman–Crippen MR) is 149 cm³/mol. The van der Waals surface area contributed by atoms with Crippen molar-refractivity contribution in [2.45, 2.75) is 0 Å². The molecule has 3 aromatic carbocycles. The van der Waals surface area contributed by atoms with Crippen molar-refractivity contribution in [2.24, 2.45) is 0 Å². The summed E-state index contributed by atoms with van der Waals surface area (Å²) in [5, 5.41) is 13.2. The monoisotopic (exact) mass is 565 g/mol. The lowest BCUT2D eigenvalue weighted by molar-refractivity contribution is 0.324. The summed E-state index contributed by atoms with van der Waals surface area (Å²) < 4.78 is 41.3. The van der Waals surface area contributed by atoms with Crippen LogP contribution in [0.5, 0.6) is 40.2 Å². The number of nitrogens with zero attached hydrogens (tertiary/aromatic N) is 5. The third-order valence-electron chi connectivity index (χ3n) is 6.23. The quantitative estimate of drug-likeness (QED) is 0.235. The fourth-order valence-electron chi connectivity index (χ4n) is 4.38. The van der Waals surface area contributed by atoms with Crippen molar-refractivity contribution in [3.63, 3.8) is 0 Å². The van der Waals surface area contributed by atoms with Crippen molar-refractivity contribution >= 4 is 21.6 Å². The van der Waals surface area contributed by atoms with Gasteiger partial charge in [-0.1, -0.05) is 0 Å². The molecule has 0 saturated carbocycles. The van der Waals surface area contributed by atoms with Gasteiger partial charge in [0.15, 0.2) is 28.8 Å². The molecule has 2 heterocycles. The molecule has 0 atom stereocenters. The number of tetrazole rings is 1. The van der Waals surface area contributed by atoms with Gasteiger partial charge in [-0.25, -0.2) is 4.98 Å². The molecule has 5 rings (SSSR count). The summed E-state index contributed by atoms with van der Waals surface area (Å²) in [5.41, 5.74) is 2.85. The standard InChI is InChI=1S/C27H27N5O7S/c1-33-18-10-14(27-28-16-13-21(36-4)23(38-6)24(39-7)25(16)40-27)8-9-17(18)32-26(29-30-31-32)15-11-19(34-2)22(37-5)20(12-15)35-3/h8-13H,1-7H3. The van der Waals surface area contributed by atoms with E-state index in [2.05, 4.69) is 15.5 Å². The molecule has 0 aliphatic carbocycles. The van der Waals surface area contributed by atoms with Crippen LogP contribution in [0, 0.1) is 0 Å². The second kappa shape index (κ2) is 11.1. The second-order valence-electron chi connectivity index (χ2n) is 8.23. The molecule has 208 valence electrons. The molecule has 0 aliphatic rings. The highest BCUT2D eigenvalue weighted by Gasteiger charge is 2.23. The van der Waals surface area contributed by atoms with Gasteiger partial charge in [0.2, 0.25) is 11.5 Å². The lowest BCUT2D eigenvalue weighted by atomic mass is 10.1. The van der Waals surface area contributed by atoms with Gasteiger partial charge in [-0.2, -0.15) is 4.68 Å². The first kappa shape index (κ1) is 26.8. The SMILES string of the molecule is COc1cc(-c2nc3cc(OC)c(OC)c(OC)c3s2)ccc1-n1nnnc1-c1cc(OC)c(OC)c(OC)c1. The van der Waals surface area contributed by atoms with Gasteiger partial charge in [0.05, 0.1) is 55.3 Å². The van der Waals surface area contributed by atoms with Gasteiger partial charge in [0, 0.05) is 17.2 Å². The summed E-state index contributed by atoms with van der Waals surface area (Å²) in [6, 6.07) is 11.1. The first-order valence-corrected chi connectivity index (χ1v) is 12.7. The molecule has 0 radical (unpaired) electrons. The van der Waals surface area contributed by atoms with Crippen LogP contribution >= 0.6 is 11.3 Å². The second-order valence-corrected chi connectivity index (χ2v) is 9.23. The Labute approximate surface area is 233 Å². The number of hydrogen-bond acceptors (Lipinski definition) is 12. The van der Waals surface area contributed by atoms with Crippen LogP contribution < -0.4 is 33.2 Å². The Morgan fingerprint density at radius 1 is 0.625 bits per heavy atom. The van der Waals surface area contributed by atoms with Gasteiger partial charge in [0.1, 0.15) is 21.1 Å². The molecule has 0 bridgehead atoms. The average molecular weight is 566 g/mol. The third kappa shape index (κ3) is 4.43. The van der Waals surface area contributed by atoms with Crippen LogP contribution in [0.2, 0.25) is 0 Å². The van der Waals surface area contributed by atoms with E-state index < -0.39 is 0 Å². The van der Waals surface area contributed by atoms with E-state index in [1.165, 1.54) is 11.3 Å². The highest BCUT2D eigenvalue weighted by molar-refractivity contribution is 7.22. The molecule has 12 nitrogen and oxygen atoms in total. The largest absolute Gasteiger partial charge is 0.494 e. The zero-order valence-corrected chi connectivity index (χ0v) is 23.8. The van der Waals surface area contributed by atoms with Crippen LogP contribution in [0.4, 0.5) is 0 Å². The molecular weight excluding hydrogens is 538 g/mol. The smallest absolute Gasteiger partial charge is 0.204 e. The fourth-order valence-corrected chi connectivity index (χ4v) is 5.44. The summed E-state index contributed by atoms with van der Waals surface area (Å²) in [7, 11) is 11.0. The Kier molecular flexibility index (Phi) is 7.47. The number of thiazole rings is 1.